The zero-order chi connectivity index (χ0) is 20.3. The van der Waals surface area contributed by atoms with Crippen molar-refractivity contribution < 1.29 is 29.7 Å². The van der Waals surface area contributed by atoms with Gasteiger partial charge in [0.2, 0.25) is 0 Å². The molecule has 0 aliphatic heterocycles. The Balaban J connectivity index is 2.22. The predicted octanol–water partition coefficient (Wildman–Crippen LogP) is 0.724. The Morgan fingerprint density at radius 3 is 1.11 bits per heavy atom. The molecule has 0 spiro atoms. The van der Waals surface area contributed by atoms with E-state index in [2.05, 4.69) is 15.0 Å². The fraction of sp³-hybridized carbons (Fsp3) is 0. The van der Waals surface area contributed by atoms with Gasteiger partial charge in [-0.3, -0.25) is 0 Å². The summed E-state index contributed by atoms with van der Waals surface area (Å²) in [4.78, 5) is 46.3. The molecule has 0 atom stereocenters. The number of carbonyl (C=O) groups is 3. The molecule has 0 aliphatic rings. The standard InChI is InChI=1S/C18H12N3O6P/c22-16(23)10-4-1-7-13(19-10)28(14-8-2-5-11(20-14)17(24)25)15-9-3-6-12(21-15)18(26)27/h1-9H,(H,22,23)(H,24,25)(H,26,27). The monoisotopic (exact) mass is 397 g/mol. The molecule has 3 N–H and O–H groups in total. The molecule has 0 fully saturated rings. The van der Waals surface area contributed by atoms with Gasteiger partial charge in [-0.25, -0.2) is 29.3 Å². The summed E-state index contributed by atoms with van der Waals surface area (Å²) in [7, 11) is -1.69. The second-order valence-electron chi connectivity index (χ2n) is 5.39. The summed E-state index contributed by atoms with van der Waals surface area (Å²) in [5.41, 5.74) is 0.316. The number of hydrogen-bond acceptors (Lipinski definition) is 6. The predicted molar refractivity (Wildman–Crippen MR) is 99.4 cm³/mol. The number of rotatable bonds is 6. The summed E-state index contributed by atoms with van der Waals surface area (Å²) in [6, 6.07) is 13.2. The van der Waals surface area contributed by atoms with Crippen molar-refractivity contribution in [3.05, 3.63) is 71.7 Å². The molecule has 3 aromatic rings. The number of nitrogens with zero attached hydrogens (tertiary/aromatic N) is 3. The van der Waals surface area contributed by atoms with Crippen LogP contribution in [0, 0.1) is 0 Å². The van der Waals surface area contributed by atoms with Crippen molar-refractivity contribution in [2.45, 2.75) is 0 Å². The quantitative estimate of drug-likeness (QED) is 0.511. The lowest BCUT2D eigenvalue weighted by atomic mass is 10.3. The van der Waals surface area contributed by atoms with Gasteiger partial charge < -0.3 is 15.3 Å². The van der Waals surface area contributed by atoms with Crippen molar-refractivity contribution in [3.63, 3.8) is 0 Å². The summed E-state index contributed by atoms with van der Waals surface area (Å²) >= 11 is 0. The molecule has 28 heavy (non-hydrogen) atoms. The van der Waals surface area contributed by atoms with E-state index in [1.165, 1.54) is 36.4 Å². The van der Waals surface area contributed by atoms with Crippen molar-refractivity contribution in [3.8, 4) is 0 Å². The Bertz CT molecular complexity index is 951. The van der Waals surface area contributed by atoms with Crippen LogP contribution < -0.4 is 16.3 Å². The first-order chi connectivity index (χ1) is 13.4. The molecule has 0 amide bonds. The van der Waals surface area contributed by atoms with Crippen LogP contribution in [0.3, 0.4) is 0 Å². The van der Waals surface area contributed by atoms with Crippen LogP contribution in [-0.4, -0.2) is 48.2 Å². The minimum atomic E-state index is -1.69. The van der Waals surface area contributed by atoms with Crippen molar-refractivity contribution in [2.75, 3.05) is 0 Å². The molecule has 0 unspecified atom stereocenters. The molecule has 140 valence electrons. The molecule has 0 saturated carbocycles. The van der Waals surface area contributed by atoms with E-state index in [0.717, 1.165) is 0 Å². The maximum Gasteiger partial charge on any atom is 0.354 e. The molecule has 3 rings (SSSR count). The largest absolute Gasteiger partial charge is 0.477 e. The molecule has 3 aromatic heterocycles. The summed E-state index contributed by atoms with van der Waals surface area (Å²) in [5.74, 6) is -3.68. The molecular formula is C18H12N3O6P. The maximum absolute atomic E-state index is 11.3. The van der Waals surface area contributed by atoms with Crippen molar-refractivity contribution >= 4 is 42.1 Å². The third kappa shape index (κ3) is 3.99. The Morgan fingerprint density at radius 2 is 0.857 bits per heavy atom. The van der Waals surface area contributed by atoms with E-state index in [0.29, 0.717) is 16.3 Å². The average molecular weight is 397 g/mol. The number of carboxylic acids is 3. The number of carboxylic acid groups (broad SMARTS) is 3. The van der Waals surface area contributed by atoms with Crippen LogP contribution in [0.5, 0.6) is 0 Å². The zero-order valence-corrected chi connectivity index (χ0v) is 14.9. The lowest BCUT2D eigenvalue weighted by molar-refractivity contribution is 0.0680. The summed E-state index contributed by atoms with van der Waals surface area (Å²) < 4.78 is 0. The van der Waals surface area contributed by atoms with Crippen LogP contribution in [0.15, 0.2) is 54.6 Å². The van der Waals surface area contributed by atoms with Gasteiger partial charge in [0.15, 0.2) is 0 Å². The summed E-state index contributed by atoms with van der Waals surface area (Å²) in [6.45, 7) is 0. The van der Waals surface area contributed by atoms with E-state index in [1.807, 2.05) is 0 Å². The van der Waals surface area contributed by atoms with Crippen LogP contribution in [-0.2, 0) is 0 Å². The van der Waals surface area contributed by atoms with E-state index < -0.39 is 25.8 Å². The SMILES string of the molecule is O=C(O)c1cccc(P(c2cccc(C(=O)O)n2)c2cccc(C(=O)O)n2)n1. The molecule has 0 bridgehead atoms. The molecule has 0 saturated heterocycles. The second kappa shape index (κ2) is 7.89. The number of pyridine rings is 3. The van der Waals surface area contributed by atoms with Gasteiger partial charge in [0, 0.05) is 7.92 Å². The summed E-state index contributed by atoms with van der Waals surface area (Å²) in [5, 5.41) is 27.7. The zero-order valence-electron chi connectivity index (χ0n) is 14.1. The van der Waals surface area contributed by atoms with Crippen LogP contribution >= 0.6 is 7.92 Å². The molecule has 9 nitrogen and oxygen atoms in total. The molecule has 0 aliphatic carbocycles. The van der Waals surface area contributed by atoms with Gasteiger partial charge in [0.25, 0.3) is 0 Å². The van der Waals surface area contributed by atoms with E-state index in [1.54, 1.807) is 18.2 Å². The molecule has 0 aromatic carbocycles. The number of aromatic nitrogens is 3. The highest BCUT2D eigenvalue weighted by atomic mass is 31.1. The average Bonchev–Trinajstić information content (AvgIpc) is 2.69. The first kappa shape index (κ1) is 19.1. The lowest BCUT2D eigenvalue weighted by Crippen LogP contribution is -2.29. The fourth-order valence-corrected chi connectivity index (χ4v) is 4.39. The molecular weight excluding hydrogens is 385 g/mol. The summed E-state index contributed by atoms with van der Waals surface area (Å²) in [6.07, 6.45) is 0. The van der Waals surface area contributed by atoms with Gasteiger partial charge in [0.1, 0.15) is 17.1 Å². The number of hydrogen-bond donors (Lipinski definition) is 3. The van der Waals surface area contributed by atoms with Crippen molar-refractivity contribution in [1.82, 2.24) is 15.0 Å². The van der Waals surface area contributed by atoms with Gasteiger partial charge in [-0.05, 0) is 36.4 Å². The lowest BCUT2D eigenvalue weighted by Gasteiger charge is -2.17. The Kier molecular flexibility index (Phi) is 5.37. The Morgan fingerprint density at radius 1 is 0.571 bits per heavy atom. The third-order valence-electron chi connectivity index (χ3n) is 3.55. The van der Waals surface area contributed by atoms with Gasteiger partial charge in [-0.2, -0.15) is 0 Å². The van der Waals surface area contributed by atoms with Crippen molar-refractivity contribution in [1.29, 1.82) is 0 Å². The Labute approximate surface area is 159 Å². The maximum atomic E-state index is 11.3. The highest BCUT2D eigenvalue weighted by Crippen LogP contribution is 2.30. The minimum absolute atomic E-state index is 0.200. The van der Waals surface area contributed by atoms with Gasteiger partial charge >= 0.3 is 17.9 Å². The Hall–Kier alpha value is -3.71. The van der Waals surface area contributed by atoms with Crippen LogP contribution in [0.25, 0.3) is 0 Å². The van der Waals surface area contributed by atoms with Crippen molar-refractivity contribution in [2.24, 2.45) is 0 Å². The highest BCUT2D eigenvalue weighted by Gasteiger charge is 2.24. The second-order valence-corrected chi connectivity index (χ2v) is 7.44. The topological polar surface area (TPSA) is 151 Å². The molecule has 3 heterocycles. The van der Waals surface area contributed by atoms with E-state index in [-0.39, 0.29) is 17.1 Å². The van der Waals surface area contributed by atoms with Gasteiger partial charge in [0.05, 0.1) is 16.3 Å². The fourth-order valence-electron chi connectivity index (χ4n) is 2.35. The minimum Gasteiger partial charge on any atom is -0.477 e. The van der Waals surface area contributed by atoms with Gasteiger partial charge in [-0.1, -0.05) is 18.2 Å². The smallest absolute Gasteiger partial charge is 0.354 e. The molecule has 10 heteroatoms. The van der Waals surface area contributed by atoms with E-state index in [9.17, 15) is 29.7 Å². The van der Waals surface area contributed by atoms with E-state index >= 15 is 0 Å². The molecule has 0 radical (unpaired) electrons. The normalized spacial score (nSPS) is 10.6. The first-order valence-electron chi connectivity index (χ1n) is 7.78. The highest BCUT2D eigenvalue weighted by molar-refractivity contribution is 7.79. The number of aromatic carboxylic acids is 3. The van der Waals surface area contributed by atoms with E-state index in [4.69, 9.17) is 0 Å². The van der Waals surface area contributed by atoms with Crippen LogP contribution in [0.1, 0.15) is 31.5 Å². The first-order valence-corrected chi connectivity index (χ1v) is 9.12. The van der Waals surface area contributed by atoms with Gasteiger partial charge in [-0.15, -0.1) is 0 Å². The van der Waals surface area contributed by atoms with Crippen LogP contribution in [0.2, 0.25) is 0 Å². The van der Waals surface area contributed by atoms with Crippen LogP contribution in [0.4, 0.5) is 0 Å². The third-order valence-corrected chi connectivity index (χ3v) is 5.67.